The van der Waals surface area contributed by atoms with Crippen LogP contribution in [-0.2, 0) is 10.8 Å². The van der Waals surface area contributed by atoms with Crippen LogP contribution in [-0.4, -0.2) is 35.3 Å². The Kier molecular flexibility index (Phi) is 5.36. The predicted molar refractivity (Wildman–Crippen MR) is 105 cm³/mol. The van der Waals surface area contributed by atoms with Gasteiger partial charge in [0.15, 0.2) is 0 Å². The molecule has 3 rings (SSSR count). The molecule has 0 radical (unpaired) electrons. The summed E-state index contributed by atoms with van der Waals surface area (Å²) in [6.45, 7) is 0.740. The quantitative estimate of drug-likeness (QED) is 0.667. The summed E-state index contributed by atoms with van der Waals surface area (Å²) in [5, 5.41) is 12.8. The summed E-state index contributed by atoms with van der Waals surface area (Å²) in [4.78, 5) is 5.16. The molecule has 2 N–H and O–H groups in total. The number of nitrogens with zero attached hydrogens (tertiary/aromatic N) is 1. The molecule has 5 heteroatoms. The molecule has 25 heavy (non-hydrogen) atoms. The molecule has 0 amide bonds. The van der Waals surface area contributed by atoms with E-state index in [0.717, 1.165) is 38.9 Å². The molecule has 2 aromatic carbocycles. The lowest BCUT2D eigenvalue weighted by Gasteiger charge is -2.13. The highest BCUT2D eigenvalue weighted by molar-refractivity contribution is 7.84. The van der Waals surface area contributed by atoms with E-state index in [0.29, 0.717) is 0 Å². The highest BCUT2D eigenvalue weighted by Gasteiger charge is 2.10. The van der Waals surface area contributed by atoms with Crippen molar-refractivity contribution in [3.63, 3.8) is 0 Å². The number of nitrogens with one attached hydrogen (secondary N) is 2. The molecule has 0 saturated carbocycles. The summed E-state index contributed by atoms with van der Waals surface area (Å²) in [6.07, 6.45) is 6.83. The first-order chi connectivity index (χ1) is 12.1. The molecule has 2 atom stereocenters. The Bertz CT molecular complexity index is 922. The van der Waals surface area contributed by atoms with Crippen LogP contribution in [0.25, 0.3) is 21.9 Å². The molecular formula is C20H21N3OS. The van der Waals surface area contributed by atoms with Gasteiger partial charge in [-0.3, -0.25) is 9.19 Å². The molecule has 1 heterocycles. The maximum Gasteiger partial charge on any atom is 0.0498 e. The zero-order valence-electron chi connectivity index (χ0n) is 14.3. The Labute approximate surface area is 150 Å². The summed E-state index contributed by atoms with van der Waals surface area (Å²) in [7, 11) is 0.875. The molecule has 0 spiro atoms. The Morgan fingerprint density at radius 2 is 1.96 bits per heavy atom. The van der Waals surface area contributed by atoms with Crippen LogP contribution in [0.3, 0.4) is 0 Å². The number of rotatable bonds is 6. The summed E-state index contributed by atoms with van der Waals surface area (Å²) < 4.78 is 11.8. The molecular weight excluding hydrogens is 330 g/mol. The van der Waals surface area contributed by atoms with Crippen molar-refractivity contribution < 1.29 is 4.21 Å². The smallest absolute Gasteiger partial charge is 0.0498 e. The molecule has 128 valence electrons. The summed E-state index contributed by atoms with van der Waals surface area (Å²) in [5.41, 5.74) is 3.20. The van der Waals surface area contributed by atoms with E-state index in [-0.39, 0.29) is 5.92 Å². The summed E-state index contributed by atoms with van der Waals surface area (Å²) in [5.74, 6) is 0.0683. The number of hydrogen-bond donors (Lipinski definition) is 2. The van der Waals surface area contributed by atoms with Crippen molar-refractivity contribution >= 4 is 27.8 Å². The Hall–Kier alpha value is -2.37. The van der Waals surface area contributed by atoms with Crippen LogP contribution in [0, 0.1) is 5.41 Å². The zero-order chi connectivity index (χ0) is 17.8. The Balaban J connectivity index is 2.05. The van der Waals surface area contributed by atoms with E-state index in [4.69, 9.17) is 5.41 Å². The molecule has 0 saturated heterocycles. The standard InChI is InChI=1S/C20H21N3OS/c1-22-11-17(10-21)14-3-5-15(6-4-14)20-13-23-12-16-7-8-18(25(2)24)9-19(16)20/h3-10,12-13,17,21-22H,11H2,1-2H3. The van der Waals surface area contributed by atoms with Crippen molar-refractivity contribution in [2.24, 2.45) is 0 Å². The van der Waals surface area contributed by atoms with Gasteiger partial charge in [-0.2, -0.15) is 0 Å². The Morgan fingerprint density at radius 3 is 2.60 bits per heavy atom. The van der Waals surface area contributed by atoms with Crippen LogP contribution in [0.5, 0.6) is 0 Å². The van der Waals surface area contributed by atoms with E-state index in [1.807, 2.05) is 37.6 Å². The highest BCUT2D eigenvalue weighted by atomic mass is 32.2. The molecule has 0 aliphatic carbocycles. The van der Waals surface area contributed by atoms with Crippen molar-refractivity contribution in [2.75, 3.05) is 19.8 Å². The topological polar surface area (TPSA) is 65.8 Å². The third-order valence-electron chi connectivity index (χ3n) is 4.34. The second-order valence-electron chi connectivity index (χ2n) is 5.98. The third-order valence-corrected chi connectivity index (χ3v) is 5.26. The predicted octanol–water partition coefficient (Wildman–Crippen LogP) is 3.59. The lowest BCUT2D eigenvalue weighted by molar-refractivity contribution is 0.687. The molecule has 1 aromatic heterocycles. The van der Waals surface area contributed by atoms with Gasteiger partial charge in [0.2, 0.25) is 0 Å². The number of hydrogen-bond acceptors (Lipinski definition) is 4. The van der Waals surface area contributed by atoms with Gasteiger partial charge in [0.25, 0.3) is 0 Å². The fourth-order valence-electron chi connectivity index (χ4n) is 2.95. The summed E-state index contributed by atoms with van der Waals surface area (Å²) >= 11 is 0. The van der Waals surface area contributed by atoms with Gasteiger partial charge in [0.05, 0.1) is 0 Å². The minimum absolute atomic E-state index is 0.0683. The molecule has 4 nitrogen and oxygen atoms in total. The van der Waals surface area contributed by atoms with Crippen LogP contribution < -0.4 is 5.32 Å². The van der Waals surface area contributed by atoms with Crippen molar-refractivity contribution in [2.45, 2.75) is 10.8 Å². The van der Waals surface area contributed by atoms with Gasteiger partial charge in [-0.1, -0.05) is 30.3 Å². The van der Waals surface area contributed by atoms with Gasteiger partial charge in [0, 0.05) is 64.0 Å². The van der Waals surface area contributed by atoms with Gasteiger partial charge < -0.3 is 10.7 Å². The van der Waals surface area contributed by atoms with E-state index >= 15 is 0 Å². The minimum atomic E-state index is -1.02. The SMILES string of the molecule is CNCC(C=N)c1ccc(-c2cncc3ccc(S(C)=O)cc23)cc1. The van der Waals surface area contributed by atoms with Gasteiger partial charge in [-0.25, -0.2) is 0 Å². The number of likely N-dealkylation sites (N-methyl/N-ethyl adjacent to an activating group) is 1. The number of fused-ring (bicyclic) bond motifs is 1. The zero-order valence-corrected chi connectivity index (χ0v) is 15.1. The maximum absolute atomic E-state index is 11.8. The molecule has 0 bridgehead atoms. The van der Waals surface area contributed by atoms with E-state index < -0.39 is 10.8 Å². The average Bonchev–Trinajstić information content (AvgIpc) is 2.65. The fraction of sp³-hybridized carbons (Fsp3) is 0.200. The first-order valence-electron chi connectivity index (χ1n) is 8.10. The largest absolute Gasteiger partial charge is 0.319 e. The van der Waals surface area contributed by atoms with Crippen molar-refractivity contribution in [1.82, 2.24) is 10.3 Å². The normalized spacial score (nSPS) is 13.5. The van der Waals surface area contributed by atoms with Crippen LogP contribution in [0.1, 0.15) is 11.5 Å². The van der Waals surface area contributed by atoms with Gasteiger partial charge in [-0.15, -0.1) is 0 Å². The minimum Gasteiger partial charge on any atom is -0.319 e. The molecule has 3 aromatic rings. The molecule has 0 aliphatic rings. The number of aromatic nitrogens is 1. The van der Waals surface area contributed by atoms with Gasteiger partial charge >= 0.3 is 0 Å². The van der Waals surface area contributed by atoms with E-state index in [9.17, 15) is 4.21 Å². The summed E-state index contributed by atoms with van der Waals surface area (Å²) in [6, 6.07) is 14.1. The highest BCUT2D eigenvalue weighted by Crippen LogP contribution is 2.30. The number of benzene rings is 2. The first kappa shape index (κ1) is 17.5. The second-order valence-corrected chi connectivity index (χ2v) is 7.36. The third kappa shape index (κ3) is 3.67. The van der Waals surface area contributed by atoms with Crippen LogP contribution in [0.2, 0.25) is 0 Å². The average molecular weight is 351 g/mol. The van der Waals surface area contributed by atoms with E-state index in [1.54, 1.807) is 6.26 Å². The van der Waals surface area contributed by atoms with E-state index in [2.05, 4.69) is 34.6 Å². The van der Waals surface area contributed by atoms with Gasteiger partial charge in [0.1, 0.15) is 0 Å². The Morgan fingerprint density at radius 1 is 1.20 bits per heavy atom. The number of pyridine rings is 1. The molecule has 0 fully saturated rings. The second kappa shape index (κ2) is 7.68. The van der Waals surface area contributed by atoms with Crippen LogP contribution >= 0.6 is 0 Å². The maximum atomic E-state index is 11.8. The lowest BCUT2D eigenvalue weighted by Crippen LogP contribution is -2.17. The van der Waals surface area contributed by atoms with E-state index in [1.165, 1.54) is 6.21 Å². The van der Waals surface area contributed by atoms with Gasteiger partial charge in [-0.05, 0) is 35.7 Å². The fourth-order valence-corrected chi connectivity index (χ4v) is 3.50. The van der Waals surface area contributed by atoms with Crippen LogP contribution in [0.15, 0.2) is 59.8 Å². The van der Waals surface area contributed by atoms with Crippen LogP contribution in [0.4, 0.5) is 0 Å². The molecule has 0 aliphatic heterocycles. The van der Waals surface area contributed by atoms with Crippen molar-refractivity contribution in [3.05, 3.63) is 60.4 Å². The van der Waals surface area contributed by atoms with Crippen molar-refractivity contribution in [1.29, 1.82) is 5.41 Å². The lowest BCUT2D eigenvalue weighted by atomic mass is 9.95. The monoisotopic (exact) mass is 351 g/mol. The first-order valence-corrected chi connectivity index (χ1v) is 9.66. The molecule has 2 unspecified atom stereocenters. The van der Waals surface area contributed by atoms with Crippen molar-refractivity contribution in [3.8, 4) is 11.1 Å².